The van der Waals surface area contributed by atoms with Crippen LogP contribution in [0.3, 0.4) is 0 Å². The summed E-state index contributed by atoms with van der Waals surface area (Å²) in [6.45, 7) is 0. The van der Waals surface area contributed by atoms with Crippen LogP contribution in [-0.2, 0) is 21.1 Å². The van der Waals surface area contributed by atoms with E-state index in [0.29, 0.717) is 0 Å². The van der Waals surface area contributed by atoms with Crippen LogP contribution in [0.2, 0.25) is 0 Å². The molecule has 2 aromatic rings. The first-order valence-corrected chi connectivity index (χ1v) is 3.80. The predicted molar refractivity (Wildman–Crippen MR) is 50.1 cm³/mol. The molecule has 0 aliphatic carbocycles. The maximum atomic E-state index is 10.2. The van der Waals surface area contributed by atoms with Gasteiger partial charge in [-0.2, -0.15) is 6.20 Å². The van der Waals surface area contributed by atoms with Gasteiger partial charge in [-0.1, -0.05) is 12.1 Å². The molecule has 1 aromatic heterocycles. The van der Waals surface area contributed by atoms with Crippen molar-refractivity contribution in [3.05, 3.63) is 71.1 Å². The molecule has 1 heterocycles. The molecule has 0 saturated heterocycles. The van der Waals surface area contributed by atoms with Gasteiger partial charge in [0.25, 0.3) is 0 Å². The number of benzene rings is 1. The van der Waals surface area contributed by atoms with Gasteiger partial charge in [0.05, 0.1) is 5.56 Å². The maximum Gasteiger partial charge on any atom is 2.00 e. The molecule has 0 radical (unpaired) electrons. The van der Waals surface area contributed by atoms with E-state index in [1.54, 1.807) is 12.1 Å². The first-order valence-electron chi connectivity index (χ1n) is 3.80. The van der Waals surface area contributed by atoms with Gasteiger partial charge in [0.15, 0.2) is 0 Å². The van der Waals surface area contributed by atoms with E-state index < -0.39 is 0 Å². The number of nitrogens with zero attached hydrogens (tertiary/aromatic N) is 1. The second-order valence-electron chi connectivity index (χ2n) is 2.17. The average Bonchev–Trinajstić information content (AvgIpc) is 2.22. The Labute approximate surface area is 153 Å². The van der Waals surface area contributed by atoms with Gasteiger partial charge in [-0.05, 0) is 6.07 Å². The first-order chi connectivity index (χ1) is 6.39. The monoisotopic (exact) mass is 439 g/mol. The Hall–Kier alpha value is 0.664. The second kappa shape index (κ2) is 12.7. The van der Waals surface area contributed by atoms with Gasteiger partial charge in [-0.15, -0.1) is 0 Å². The molecule has 0 spiro atoms. The van der Waals surface area contributed by atoms with Gasteiger partial charge >= 0.3 is 79.3 Å². The van der Waals surface area contributed by atoms with E-state index >= 15 is 0 Å². The Balaban J connectivity index is 0. The molecule has 0 saturated carbocycles. The minimum absolute atomic E-state index is 0. The molecule has 0 bridgehead atoms. The number of rotatable bonds is 0. The predicted octanol–water partition coefficient (Wildman–Crippen LogP) is -1.71. The van der Waals surface area contributed by atoms with Gasteiger partial charge in [-0.3, -0.25) is 24.3 Å². The van der Waals surface area contributed by atoms with Crippen LogP contribution in [0, 0.1) is 12.1 Å². The van der Waals surface area contributed by atoms with Gasteiger partial charge in [0, 0.05) is 0 Å². The van der Waals surface area contributed by atoms with Crippen LogP contribution in [0.4, 0.5) is 0 Å². The van der Waals surface area contributed by atoms with Crippen LogP contribution in [0.15, 0.2) is 53.5 Å². The molecule has 0 aliphatic heterocycles. The molecule has 4 heteroatoms. The standard InChI is InChI=1S/C6H4.C5H5NO.Rb.W/c1-2-4-6-5-3-1;7-5-3-1-2-4-6-5;;/h1-2,5-6H;1-4H,(H,6,7);;/q-2;;+1;+2/p-1. The molecular weight excluding hydrogens is 431 g/mol. The molecular formula is C11H8NORbW. The molecule has 2 nitrogen and oxygen atoms in total. The van der Waals surface area contributed by atoms with Crippen LogP contribution in [-0.4, -0.2) is 0 Å². The minimum atomic E-state index is -0.178. The van der Waals surface area contributed by atoms with Crippen LogP contribution in [0.5, 0.6) is 0 Å². The van der Waals surface area contributed by atoms with Crippen molar-refractivity contribution in [3.63, 3.8) is 0 Å². The van der Waals surface area contributed by atoms with E-state index in [9.17, 15) is 4.79 Å². The zero-order valence-corrected chi connectivity index (χ0v) is 16.2. The minimum Gasteiger partial charge on any atom is -0.629 e. The molecule has 0 N–H and O–H groups in total. The van der Waals surface area contributed by atoms with Gasteiger partial charge in [0.2, 0.25) is 0 Å². The van der Waals surface area contributed by atoms with Crippen molar-refractivity contribution in [1.29, 1.82) is 0 Å². The summed E-state index contributed by atoms with van der Waals surface area (Å²) in [5.41, 5.74) is -0.178. The third-order valence-corrected chi connectivity index (χ3v) is 1.19. The van der Waals surface area contributed by atoms with E-state index in [0.717, 1.165) is 0 Å². The number of aromatic nitrogens is 1. The van der Waals surface area contributed by atoms with Crippen molar-refractivity contribution in [2.45, 2.75) is 0 Å². The van der Waals surface area contributed by atoms with E-state index in [4.69, 9.17) is 0 Å². The molecule has 15 heavy (non-hydrogen) atoms. The van der Waals surface area contributed by atoms with Gasteiger partial charge in [-0.25, -0.2) is 0 Å². The summed E-state index contributed by atoms with van der Waals surface area (Å²) >= 11 is 0. The quantitative estimate of drug-likeness (QED) is 0.458. The van der Waals surface area contributed by atoms with Crippen molar-refractivity contribution in [2.75, 3.05) is 0 Å². The Bertz CT molecular complexity index is 333. The molecule has 2 rings (SSSR count). The third kappa shape index (κ3) is 10.9. The Kier molecular flexibility index (Phi) is 15.3. The molecule has 0 fully saturated rings. The fraction of sp³-hybridized carbons (Fsp3) is 0. The van der Waals surface area contributed by atoms with Gasteiger partial charge in [0.1, 0.15) is 0 Å². The summed E-state index contributed by atoms with van der Waals surface area (Å²) in [6.07, 6.45) is 1.47. The fourth-order valence-electron chi connectivity index (χ4n) is 0.651. The molecule has 1 aromatic carbocycles. The van der Waals surface area contributed by atoms with Crippen molar-refractivity contribution in [1.82, 2.24) is 4.98 Å². The second-order valence-corrected chi connectivity index (χ2v) is 2.17. The van der Waals surface area contributed by atoms with Crippen LogP contribution >= 0.6 is 0 Å². The molecule has 0 atom stereocenters. The van der Waals surface area contributed by atoms with Gasteiger partial charge < -0.3 is 21.9 Å². The largest absolute Gasteiger partial charge is 2.00 e. The summed E-state index contributed by atoms with van der Waals surface area (Å²) < 4.78 is 0. The van der Waals surface area contributed by atoms with Crippen LogP contribution in [0.1, 0.15) is 0 Å². The summed E-state index contributed by atoms with van der Waals surface area (Å²) in [4.78, 5) is 13.6. The average molecular weight is 439 g/mol. The first kappa shape index (κ1) is 18.0. The SMILES string of the molecule is O=c1cccc[n-]1.[Rb+].[W+2].[c-]1cc[c-]cc1. The summed E-state index contributed by atoms with van der Waals surface area (Å²) in [7, 11) is 0. The number of hydrogen-bond acceptors (Lipinski definition) is 1. The smallest absolute Gasteiger partial charge is 0.629 e. The summed E-state index contributed by atoms with van der Waals surface area (Å²) in [6, 6.07) is 17.8. The molecule has 70 valence electrons. The van der Waals surface area contributed by atoms with Crippen LogP contribution in [0.25, 0.3) is 0 Å². The molecule has 0 aliphatic rings. The van der Waals surface area contributed by atoms with Crippen molar-refractivity contribution < 1.29 is 79.3 Å². The molecule has 0 unspecified atom stereocenters. The van der Waals surface area contributed by atoms with Crippen molar-refractivity contribution >= 4 is 0 Å². The normalized spacial score (nSPS) is 7.20. The summed E-state index contributed by atoms with van der Waals surface area (Å²) in [5, 5.41) is 0. The van der Waals surface area contributed by atoms with E-state index in [-0.39, 0.29) is 84.8 Å². The van der Waals surface area contributed by atoms with E-state index in [1.165, 1.54) is 12.3 Å². The summed E-state index contributed by atoms with van der Waals surface area (Å²) in [5.74, 6) is 0. The number of pyridine rings is 1. The zero-order chi connectivity index (χ0) is 9.36. The van der Waals surface area contributed by atoms with E-state index in [2.05, 4.69) is 17.1 Å². The van der Waals surface area contributed by atoms with Crippen molar-refractivity contribution in [3.8, 4) is 0 Å². The molecule has 0 amide bonds. The Morgan fingerprint density at radius 3 is 1.73 bits per heavy atom. The Morgan fingerprint density at radius 1 is 1.00 bits per heavy atom. The number of hydrogen-bond donors (Lipinski definition) is 0. The fourth-order valence-corrected chi connectivity index (χ4v) is 0.651. The van der Waals surface area contributed by atoms with Crippen molar-refractivity contribution in [2.24, 2.45) is 0 Å². The van der Waals surface area contributed by atoms with Crippen LogP contribution < -0.4 is 68.7 Å². The third-order valence-electron chi connectivity index (χ3n) is 1.19. The zero-order valence-electron chi connectivity index (χ0n) is 8.38. The van der Waals surface area contributed by atoms with E-state index in [1.807, 2.05) is 24.3 Å². The topological polar surface area (TPSA) is 31.2 Å². The Morgan fingerprint density at radius 2 is 1.53 bits per heavy atom. The maximum absolute atomic E-state index is 10.2.